The Morgan fingerprint density at radius 1 is 1.47 bits per heavy atom. The van der Waals surface area contributed by atoms with Gasteiger partial charge >= 0.3 is 0 Å². The van der Waals surface area contributed by atoms with E-state index in [1.54, 1.807) is 32.0 Å². The highest BCUT2D eigenvalue weighted by atomic mass is 16.3. The summed E-state index contributed by atoms with van der Waals surface area (Å²) in [5, 5.41) is 9.63. The molecule has 0 aromatic carbocycles. The first kappa shape index (κ1) is 13.6. The Labute approximate surface area is 102 Å². The molecule has 0 fully saturated rings. The lowest BCUT2D eigenvalue weighted by molar-refractivity contribution is -0.131. The van der Waals surface area contributed by atoms with Crippen LogP contribution in [-0.2, 0) is 11.2 Å². The minimum absolute atomic E-state index is 0.0159. The number of carbonyl (C=O) groups excluding carboxylic acids is 1. The number of hydrogen-bond acceptors (Lipinski definition) is 3. The number of rotatable bonds is 4. The van der Waals surface area contributed by atoms with Crippen molar-refractivity contribution in [2.75, 3.05) is 13.6 Å². The Balaban J connectivity index is 2.57. The van der Waals surface area contributed by atoms with E-state index in [1.165, 1.54) is 0 Å². The molecule has 1 amide bonds. The van der Waals surface area contributed by atoms with E-state index in [2.05, 4.69) is 4.98 Å². The number of aromatic nitrogens is 1. The summed E-state index contributed by atoms with van der Waals surface area (Å²) >= 11 is 0. The quantitative estimate of drug-likeness (QED) is 0.853. The molecule has 17 heavy (non-hydrogen) atoms. The van der Waals surface area contributed by atoms with Crippen molar-refractivity contribution >= 4 is 5.91 Å². The fourth-order valence-corrected chi connectivity index (χ4v) is 1.58. The van der Waals surface area contributed by atoms with Gasteiger partial charge in [0.2, 0.25) is 5.91 Å². The van der Waals surface area contributed by atoms with E-state index >= 15 is 0 Å². The van der Waals surface area contributed by atoms with Crippen LogP contribution in [0, 0.1) is 6.92 Å². The minimum Gasteiger partial charge on any atom is -0.389 e. The molecule has 0 saturated heterocycles. The third-order valence-electron chi connectivity index (χ3n) is 2.38. The molecule has 0 saturated carbocycles. The van der Waals surface area contributed by atoms with Gasteiger partial charge in [0, 0.05) is 25.5 Å². The Morgan fingerprint density at radius 3 is 2.59 bits per heavy atom. The summed E-state index contributed by atoms with van der Waals surface area (Å²) in [5.74, 6) is -0.0159. The molecule has 1 aromatic rings. The van der Waals surface area contributed by atoms with Crippen LogP contribution < -0.4 is 0 Å². The SMILES string of the molecule is Cc1ccc(CC(=O)N(C)CC(C)(C)O)cn1. The molecule has 4 nitrogen and oxygen atoms in total. The third kappa shape index (κ3) is 4.95. The molecule has 4 heteroatoms. The lowest BCUT2D eigenvalue weighted by Gasteiger charge is -2.25. The van der Waals surface area contributed by atoms with Crippen LogP contribution in [0.4, 0.5) is 0 Å². The molecule has 0 spiro atoms. The van der Waals surface area contributed by atoms with Crippen LogP contribution in [0.2, 0.25) is 0 Å². The van der Waals surface area contributed by atoms with E-state index in [0.717, 1.165) is 11.3 Å². The molecule has 0 atom stereocenters. The summed E-state index contributed by atoms with van der Waals surface area (Å²) in [6, 6.07) is 3.79. The zero-order chi connectivity index (χ0) is 13.1. The second-order valence-electron chi connectivity index (χ2n) is 5.05. The van der Waals surface area contributed by atoms with Gasteiger partial charge in [-0.05, 0) is 32.4 Å². The molecule has 0 aliphatic rings. The number of nitrogens with zero attached hydrogens (tertiary/aromatic N) is 2. The lowest BCUT2D eigenvalue weighted by atomic mass is 10.1. The predicted octanol–water partition coefficient (Wildman–Crippen LogP) is 1.16. The van der Waals surface area contributed by atoms with Crippen LogP contribution in [0.1, 0.15) is 25.1 Å². The van der Waals surface area contributed by atoms with Gasteiger partial charge in [-0.2, -0.15) is 0 Å². The van der Waals surface area contributed by atoms with Crippen LogP contribution >= 0.6 is 0 Å². The highest BCUT2D eigenvalue weighted by Gasteiger charge is 2.19. The number of amides is 1. The van der Waals surface area contributed by atoms with Crippen LogP contribution in [-0.4, -0.2) is 40.1 Å². The van der Waals surface area contributed by atoms with Crippen molar-refractivity contribution in [2.24, 2.45) is 0 Å². The van der Waals surface area contributed by atoms with Gasteiger partial charge in [0.1, 0.15) is 0 Å². The fourth-order valence-electron chi connectivity index (χ4n) is 1.58. The monoisotopic (exact) mass is 236 g/mol. The number of hydrogen-bond donors (Lipinski definition) is 1. The Hall–Kier alpha value is -1.42. The lowest BCUT2D eigenvalue weighted by Crippen LogP contribution is -2.40. The summed E-state index contributed by atoms with van der Waals surface area (Å²) in [6.45, 7) is 5.60. The molecule has 94 valence electrons. The second kappa shape index (κ2) is 5.27. The van der Waals surface area contributed by atoms with Crippen molar-refractivity contribution in [3.63, 3.8) is 0 Å². The third-order valence-corrected chi connectivity index (χ3v) is 2.38. The summed E-state index contributed by atoms with van der Waals surface area (Å²) < 4.78 is 0. The molecule has 1 N–H and O–H groups in total. The average Bonchev–Trinajstić information content (AvgIpc) is 2.19. The summed E-state index contributed by atoms with van der Waals surface area (Å²) in [5.41, 5.74) is 0.963. The molecule has 0 bridgehead atoms. The summed E-state index contributed by atoms with van der Waals surface area (Å²) in [7, 11) is 1.70. The van der Waals surface area contributed by atoms with Gasteiger partial charge in [0.25, 0.3) is 0 Å². The van der Waals surface area contributed by atoms with Crippen LogP contribution in [0.15, 0.2) is 18.3 Å². The first-order valence-corrected chi connectivity index (χ1v) is 5.66. The maximum Gasteiger partial charge on any atom is 0.226 e. The molecular weight excluding hydrogens is 216 g/mol. The fraction of sp³-hybridized carbons (Fsp3) is 0.538. The van der Waals surface area contributed by atoms with Crippen LogP contribution in [0.5, 0.6) is 0 Å². The molecule has 0 radical (unpaired) electrons. The van der Waals surface area contributed by atoms with Crippen molar-refractivity contribution in [2.45, 2.75) is 32.8 Å². The van der Waals surface area contributed by atoms with Gasteiger partial charge in [-0.25, -0.2) is 0 Å². The second-order valence-corrected chi connectivity index (χ2v) is 5.05. The predicted molar refractivity (Wildman–Crippen MR) is 66.6 cm³/mol. The van der Waals surface area contributed by atoms with Gasteiger partial charge in [0.05, 0.1) is 12.0 Å². The van der Waals surface area contributed by atoms with E-state index in [1.807, 2.05) is 19.1 Å². The molecule has 1 rings (SSSR count). The molecule has 1 heterocycles. The molecule has 1 aromatic heterocycles. The van der Waals surface area contributed by atoms with Gasteiger partial charge in [-0.15, -0.1) is 0 Å². The standard InChI is InChI=1S/C13H20N2O2/c1-10-5-6-11(8-14-10)7-12(16)15(4)9-13(2,3)17/h5-6,8,17H,7,9H2,1-4H3. The number of carbonyl (C=O) groups is 1. The summed E-state index contributed by atoms with van der Waals surface area (Å²) in [6.07, 6.45) is 2.03. The highest BCUT2D eigenvalue weighted by Crippen LogP contribution is 2.06. The molecule has 0 aliphatic heterocycles. The molecular formula is C13H20N2O2. The van der Waals surface area contributed by atoms with Crippen LogP contribution in [0.3, 0.4) is 0 Å². The van der Waals surface area contributed by atoms with Gasteiger partial charge in [0.15, 0.2) is 0 Å². The highest BCUT2D eigenvalue weighted by molar-refractivity contribution is 5.78. The number of likely N-dealkylation sites (N-methyl/N-ethyl adjacent to an activating group) is 1. The summed E-state index contributed by atoms with van der Waals surface area (Å²) in [4.78, 5) is 17.5. The first-order valence-electron chi connectivity index (χ1n) is 5.66. The molecule has 0 aliphatic carbocycles. The Bertz CT molecular complexity index is 379. The van der Waals surface area contributed by atoms with Crippen molar-refractivity contribution in [1.82, 2.24) is 9.88 Å². The Kier molecular flexibility index (Phi) is 4.23. The van der Waals surface area contributed by atoms with E-state index in [-0.39, 0.29) is 5.91 Å². The van der Waals surface area contributed by atoms with Crippen molar-refractivity contribution in [3.8, 4) is 0 Å². The largest absolute Gasteiger partial charge is 0.389 e. The molecule has 0 unspecified atom stereocenters. The smallest absolute Gasteiger partial charge is 0.226 e. The maximum atomic E-state index is 11.9. The minimum atomic E-state index is -0.865. The van der Waals surface area contributed by atoms with Gasteiger partial charge in [-0.3, -0.25) is 9.78 Å². The zero-order valence-electron chi connectivity index (χ0n) is 10.9. The van der Waals surface area contributed by atoms with E-state index < -0.39 is 5.60 Å². The van der Waals surface area contributed by atoms with Gasteiger partial charge in [-0.1, -0.05) is 6.07 Å². The zero-order valence-corrected chi connectivity index (χ0v) is 10.9. The van der Waals surface area contributed by atoms with Crippen molar-refractivity contribution in [1.29, 1.82) is 0 Å². The van der Waals surface area contributed by atoms with Crippen LogP contribution in [0.25, 0.3) is 0 Å². The number of pyridine rings is 1. The van der Waals surface area contributed by atoms with Crippen molar-refractivity contribution in [3.05, 3.63) is 29.6 Å². The van der Waals surface area contributed by atoms with E-state index in [4.69, 9.17) is 0 Å². The first-order chi connectivity index (χ1) is 7.78. The topological polar surface area (TPSA) is 53.4 Å². The van der Waals surface area contributed by atoms with E-state index in [9.17, 15) is 9.90 Å². The average molecular weight is 236 g/mol. The van der Waals surface area contributed by atoms with Gasteiger partial charge < -0.3 is 10.0 Å². The normalized spacial score (nSPS) is 11.4. The number of aryl methyl sites for hydroxylation is 1. The Morgan fingerprint density at radius 2 is 2.12 bits per heavy atom. The number of aliphatic hydroxyl groups is 1. The maximum absolute atomic E-state index is 11.9. The van der Waals surface area contributed by atoms with Crippen molar-refractivity contribution < 1.29 is 9.90 Å². The van der Waals surface area contributed by atoms with E-state index in [0.29, 0.717) is 13.0 Å².